The quantitative estimate of drug-likeness (QED) is 0.478. The first-order chi connectivity index (χ1) is 7.95. The number of anilines is 1. The normalized spacial score (nSPS) is 11.9. The second-order valence-corrected chi connectivity index (χ2v) is 3.92. The van der Waals surface area contributed by atoms with Crippen LogP contribution in [0.5, 0.6) is 5.75 Å². The van der Waals surface area contributed by atoms with E-state index in [9.17, 15) is 18.7 Å². The van der Waals surface area contributed by atoms with Crippen LogP contribution in [0.2, 0.25) is 0 Å². The van der Waals surface area contributed by atoms with Gasteiger partial charge in [0.1, 0.15) is 11.3 Å². The molecule has 6 nitrogen and oxygen atoms in total. The van der Waals surface area contributed by atoms with Crippen molar-refractivity contribution in [1.82, 2.24) is 0 Å². The summed E-state index contributed by atoms with van der Waals surface area (Å²) in [5, 5.41) is 9.67. The second-order valence-electron chi connectivity index (χ2n) is 3.25. The van der Waals surface area contributed by atoms with Crippen molar-refractivity contribution in [3.63, 3.8) is 0 Å². The summed E-state index contributed by atoms with van der Waals surface area (Å²) in [6.07, 6.45) is 0. The SMILES string of the molecule is CCOC(=O)c1cc(NS(=O)[O-])cc(C)c1O. The fraction of sp³-hybridized carbons (Fsp3) is 0.300. The molecule has 0 aromatic heterocycles. The minimum absolute atomic E-state index is 0.0696. The third-order valence-corrected chi connectivity index (χ3v) is 2.40. The lowest BCUT2D eigenvalue weighted by Crippen LogP contribution is -2.08. The number of hydrogen-bond acceptors (Lipinski definition) is 5. The molecular weight excluding hydrogens is 246 g/mol. The molecule has 0 aliphatic carbocycles. The summed E-state index contributed by atoms with van der Waals surface area (Å²) in [6.45, 7) is 3.36. The van der Waals surface area contributed by atoms with Crippen LogP contribution < -0.4 is 4.72 Å². The fourth-order valence-corrected chi connectivity index (χ4v) is 1.61. The van der Waals surface area contributed by atoms with E-state index in [1.165, 1.54) is 12.1 Å². The molecule has 0 heterocycles. The number of rotatable bonds is 4. The van der Waals surface area contributed by atoms with Crippen molar-refractivity contribution in [2.24, 2.45) is 0 Å². The standard InChI is InChI=1S/C10H13NO5S/c1-3-16-10(13)8-5-7(11-17(14)15)4-6(2)9(8)12/h4-5,11-12H,3H2,1-2H3,(H,14,15)/p-1. The van der Waals surface area contributed by atoms with Crippen LogP contribution in [0.3, 0.4) is 0 Å². The van der Waals surface area contributed by atoms with Gasteiger partial charge >= 0.3 is 5.97 Å². The monoisotopic (exact) mass is 258 g/mol. The van der Waals surface area contributed by atoms with Gasteiger partial charge in [0.2, 0.25) is 0 Å². The summed E-state index contributed by atoms with van der Waals surface area (Å²) < 4.78 is 27.8. The van der Waals surface area contributed by atoms with Gasteiger partial charge in [-0.3, -0.25) is 4.21 Å². The van der Waals surface area contributed by atoms with E-state index in [0.717, 1.165) is 0 Å². The fourth-order valence-electron chi connectivity index (χ4n) is 1.30. The van der Waals surface area contributed by atoms with Gasteiger partial charge in [0, 0.05) is 17.0 Å². The summed E-state index contributed by atoms with van der Waals surface area (Å²) in [7, 11) is 0. The number of benzene rings is 1. The Morgan fingerprint density at radius 2 is 2.24 bits per heavy atom. The molecule has 1 aromatic rings. The number of carbonyl (C=O) groups is 1. The summed E-state index contributed by atoms with van der Waals surface area (Å²) in [6, 6.07) is 2.63. The van der Waals surface area contributed by atoms with Crippen molar-refractivity contribution >= 4 is 22.9 Å². The van der Waals surface area contributed by atoms with Crippen molar-refractivity contribution in [3.05, 3.63) is 23.3 Å². The highest BCUT2D eigenvalue weighted by molar-refractivity contribution is 7.80. The Kier molecular flexibility index (Phi) is 4.47. The molecule has 0 fully saturated rings. The highest BCUT2D eigenvalue weighted by Crippen LogP contribution is 2.27. The van der Waals surface area contributed by atoms with E-state index in [1.54, 1.807) is 13.8 Å². The number of nitrogens with one attached hydrogen (secondary N) is 1. The van der Waals surface area contributed by atoms with Gasteiger partial charge in [0.25, 0.3) is 0 Å². The van der Waals surface area contributed by atoms with Crippen molar-refractivity contribution in [1.29, 1.82) is 0 Å². The van der Waals surface area contributed by atoms with Crippen LogP contribution in [0.1, 0.15) is 22.8 Å². The topological polar surface area (TPSA) is 98.7 Å². The number of ether oxygens (including phenoxy) is 1. The van der Waals surface area contributed by atoms with Crippen LogP contribution >= 0.6 is 0 Å². The van der Waals surface area contributed by atoms with E-state index in [1.807, 2.05) is 0 Å². The van der Waals surface area contributed by atoms with Gasteiger partial charge in [0.05, 0.1) is 6.61 Å². The summed E-state index contributed by atoms with van der Waals surface area (Å²) in [5.41, 5.74) is 0.500. The number of aromatic hydroxyl groups is 1. The molecule has 1 aromatic carbocycles. The molecule has 7 heteroatoms. The van der Waals surface area contributed by atoms with Gasteiger partial charge in [-0.1, -0.05) is 0 Å². The summed E-state index contributed by atoms with van der Waals surface area (Å²) in [5.74, 6) is -0.917. The van der Waals surface area contributed by atoms with E-state index in [-0.39, 0.29) is 23.6 Å². The first-order valence-electron chi connectivity index (χ1n) is 4.82. The zero-order valence-corrected chi connectivity index (χ0v) is 10.2. The van der Waals surface area contributed by atoms with Crippen LogP contribution in [0.4, 0.5) is 5.69 Å². The van der Waals surface area contributed by atoms with Crippen LogP contribution in [0, 0.1) is 6.92 Å². The number of phenols is 1. The van der Waals surface area contributed by atoms with Crippen molar-refractivity contribution < 1.29 is 23.4 Å². The van der Waals surface area contributed by atoms with Gasteiger partial charge in [-0.2, -0.15) is 0 Å². The van der Waals surface area contributed by atoms with E-state index in [4.69, 9.17) is 4.74 Å². The van der Waals surface area contributed by atoms with E-state index in [2.05, 4.69) is 4.72 Å². The first-order valence-corrected chi connectivity index (χ1v) is 5.89. The Morgan fingerprint density at radius 3 is 2.76 bits per heavy atom. The molecule has 0 radical (unpaired) electrons. The largest absolute Gasteiger partial charge is 0.755 e. The lowest BCUT2D eigenvalue weighted by molar-refractivity contribution is 0.0523. The molecule has 0 aliphatic heterocycles. The highest BCUT2D eigenvalue weighted by Gasteiger charge is 2.15. The Balaban J connectivity index is 3.15. The Hall–Kier alpha value is -1.60. The molecular formula is C10H12NO5S-. The zero-order chi connectivity index (χ0) is 13.0. The van der Waals surface area contributed by atoms with Crippen LogP contribution in [-0.4, -0.2) is 26.4 Å². The van der Waals surface area contributed by atoms with Crippen molar-refractivity contribution in [3.8, 4) is 5.75 Å². The minimum atomic E-state index is -2.49. The van der Waals surface area contributed by atoms with Crippen LogP contribution in [0.15, 0.2) is 12.1 Å². The molecule has 1 unspecified atom stereocenters. The molecule has 1 rings (SSSR count). The minimum Gasteiger partial charge on any atom is -0.755 e. The molecule has 17 heavy (non-hydrogen) atoms. The Morgan fingerprint density at radius 1 is 1.59 bits per heavy atom. The lowest BCUT2D eigenvalue weighted by atomic mass is 10.1. The molecule has 0 amide bonds. The van der Waals surface area contributed by atoms with Gasteiger partial charge in [0.15, 0.2) is 0 Å². The second kappa shape index (κ2) is 5.65. The Labute approximate surface area is 101 Å². The number of aryl methyl sites for hydroxylation is 1. The first kappa shape index (κ1) is 13.5. The molecule has 2 N–H and O–H groups in total. The predicted octanol–water partition coefficient (Wildman–Crippen LogP) is 1.08. The molecule has 0 aliphatic rings. The Bertz CT molecular complexity index is 460. The highest BCUT2D eigenvalue weighted by atomic mass is 32.2. The number of esters is 1. The van der Waals surface area contributed by atoms with Gasteiger partial charge in [-0.05, 0) is 31.5 Å². The van der Waals surface area contributed by atoms with E-state index in [0.29, 0.717) is 5.56 Å². The number of hydrogen-bond donors (Lipinski definition) is 2. The van der Waals surface area contributed by atoms with E-state index < -0.39 is 17.2 Å². The third kappa shape index (κ3) is 3.43. The maximum atomic E-state index is 11.5. The molecule has 0 bridgehead atoms. The number of carbonyl (C=O) groups excluding carboxylic acids is 1. The maximum absolute atomic E-state index is 11.5. The average molecular weight is 258 g/mol. The van der Waals surface area contributed by atoms with Gasteiger partial charge in [-0.25, -0.2) is 4.79 Å². The third-order valence-electron chi connectivity index (χ3n) is 2.00. The summed E-state index contributed by atoms with van der Waals surface area (Å²) in [4.78, 5) is 11.5. The molecule has 0 saturated heterocycles. The molecule has 0 saturated carbocycles. The molecule has 1 atom stereocenters. The van der Waals surface area contributed by atoms with Gasteiger partial charge < -0.3 is 19.1 Å². The lowest BCUT2D eigenvalue weighted by Gasteiger charge is -2.12. The zero-order valence-electron chi connectivity index (χ0n) is 9.35. The smallest absolute Gasteiger partial charge is 0.341 e. The molecule has 94 valence electrons. The predicted molar refractivity (Wildman–Crippen MR) is 61.3 cm³/mol. The summed E-state index contributed by atoms with van der Waals surface area (Å²) >= 11 is -2.49. The van der Waals surface area contributed by atoms with Crippen LogP contribution in [0.25, 0.3) is 0 Å². The van der Waals surface area contributed by atoms with Gasteiger partial charge in [-0.15, -0.1) is 0 Å². The van der Waals surface area contributed by atoms with Crippen molar-refractivity contribution in [2.45, 2.75) is 13.8 Å². The van der Waals surface area contributed by atoms with Crippen molar-refractivity contribution in [2.75, 3.05) is 11.3 Å². The van der Waals surface area contributed by atoms with Crippen LogP contribution in [-0.2, 0) is 16.0 Å². The maximum Gasteiger partial charge on any atom is 0.341 e. The molecule has 0 spiro atoms. The van der Waals surface area contributed by atoms with E-state index >= 15 is 0 Å². The number of phenolic OH excluding ortho intramolecular Hbond substituents is 1. The average Bonchev–Trinajstić information content (AvgIpc) is 2.22.